The third-order valence-electron chi connectivity index (χ3n) is 4.93. The van der Waals surface area contributed by atoms with Gasteiger partial charge in [0.1, 0.15) is 5.75 Å². The molecule has 0 atom stereocenters. The van der Waals surface area contributed by atoms with E-state index in [0.717, 1.165) is 27.8 Å². The topological polar surface area (TPSA) is 106 Å². The van der Waals surface area contributed by atoms with E-state index in [1.165, 1.54) is 17.4 Å². The van der Waals surface area contributed by atoms with Crippen LogP contribution in [-0.2, 0) is 0 Å². The Morgan fingerprint density at radius 1 is 1.06 bits per heavy atom. The highest BCUT2D eigenvalue weighted by atomic mass is 32.1. The van der Waals surface area contributed by atoms with Crippen LogP contribution in [0.15, 0.2) is 72.1 Å². The number of benzene rings is 3. The van der Waals surface area contributed by atoms with Gasteiger partial charge in [-0.05, 0) is 37.3 Å². The molecular weight excluding hydrogens is 440 g/mol. The first-order valence-corrected chi connectivity index (χ1v) is 10.8. The summed E-state index contributed by atoms with van der Waals surface area (Å²) >= 11 is 1.48. The van der Waals surface area contributed by atoms with Crippen LogP contribution in [0.4, 0.5) is 22.2 Å². The van der Waals surface area contributed by atoms with E-state index in [9.17, 15) is 14.9 Å². The Labute approximate surface area is 194 Å². The third-order valence-corrected chi connectivity index (χ3v) is 5.69. The van der Waals surface area contributed by atoms with Gasteiger partial charge < -0.3 is 15.4 Å². The number of amides is 1. The average molecular weight is 461 g/mol. The van der Waals surface area contributed by atoms with E-state index in [1.54, 1.807) is 38.3 Å². The summed E-state index contributed by atoms with van der Waals surface area (Å²) in [5.74, 6) is 0.346. The van der Waals surface area contributed by atoms with Gasteiger partial charge in [-0.25, -0.2) is 4.98 Å². The fourth-order valence-electron chi connectivity index (χ4n) is 3.16. The fraction of sp³-hybridized carbons (Fsp3) is 0.0833. The molecule has 0 radical (unpaired) electrons. The second kappa shape index (κ2) is 9.49. The third kappa shape index (κ3) is 5.16. The number of aryl methyl sites for hydroxylation is 1. The lowest BCUT2D eigenvalue weighted by atomic mass is 10.1. The number of thiazole rings is 1. The van der Waals surface area contributed by atoms with E-state index >= 15 is 0 Å². The molecule has 4 rings (SSSR count). The lowest BCUT2D eigenvalue weighted by molar-refractivity contribution is -0.385. The van der Waals surface area contributed by atoms with Crippen LogP contribution in [0.25, 0.3) is 11.3 Å². The summed E-state index contributed by atoms with van der Waals surface area (Å²) < 4.78 is 5.24. The minimum Gasteiger partial charge on any atom is -0.497 e. The number of nitro groups is 1. The summed E-state index contributed by atoms with van der Waals surface area (Å²) in [6.45, 7) is 1.63. The highest BCUT2D eigenvalue weighted by molar-refractivity contribution is 7.14. The Kier molecular flexibility index (Phi) is 6.32. The van der Waals surface area contributed by atoms with Gasteiger partial charge in [0, 0.05) is 45.6 Å². The SMILES string of the molecule is COc1cccc(Nc2nc(-c3ccc(NC(=O)c4ccc(C)c([N+](=O)[O-])c4)cc3)cs2)c1. The van der Waals surface area contributed by atoms with Crippen molar-refractivity contribution in [3.63, 3.8) is 0 Å². The van der Waals surface area contributed by atoms with Crippen LogP contribution < -0.4 is 15.4 Å². The second-order valence-electron chi connectivity index (χ2n) is 7.18. The molecule has 166 valence electrons. The standard InChI is InChI=1S/C24H20N4O4S/c1-15-6-7-17(12-22(15)28(30)31)23(29)25-18-10-8-16(9-11-18)21-14-33-24(27-21)26-19-4-3-5-20(13-19)32-2/h3-14H,1-2H3,(H,25,29)(H,26,27). The predicted octanol–water partition coefficient (Wildman–Crippen LogP) is 6.03. The maximum Gasteiger partial charge on any atom is 0.273 e. The number of hydrogen-bond acceptors (Lipinski definition) is 7. The molecule has 1 heterocycles. The highest BCUT2D eigenvalue weighted by Crippen LogP contribution is 2.29. The summed E-state index contributed by atoms with van der Waals surface area (Å²) in [6.07, 6.45) is 0. The second-order valence-corrected chi connectivity index (χ2v) is 8.04. The van der Waals surface area contributed by atoms with Crippen molar-refractivity contribution in [2.45, 2.75) is 6.92 Å². The van der Waals surface area contributed by atoms with Gasteiger partial charge in [0.2, 0.25) is 0 Å². The molecule has 4 aromatic rings. The number of nitrogens with one attached hydrogen (secondary N) is 2. The molecule has 3 aromatic carbocycles. The molecule has 0 bridgehead atoms. The van der Waals surface area contributed by atoms with Crippen LogP contribution >= 0.6 is 11.3 Å². The van der Waals surface area contributed by atoms with E-state index < -0.39 is 10.8 Å². The number of ether oxygens (including phenoxy) is 1. The van der Waals surface area contributed by atoms with Gasteiger partial charge in [0.25, 0.3) is 11.6 Å². The predicted molar refractivity (Wildman–Crippen MR) is 130 cm³/mol. The molecule has 0 aliphatic heterocycles. The summed E-state index contributed by atoms with van der Waals surface area (Å²) in [5.41, 5.74) is 3.81. The first-order chi connectivity index (χ1) is 15.9. The molecule has 0 fully saturated rings. The number of nitrogens with zero attached hydrogens (tertiary/aromatic N) is 2. The van der Waals surface area contributed by atoms with E-state index in [1.807, 2.05) is 41.8 Å². The summed E-state index contributed by atoms with van der Waals surface area (Å²) in [5, 5.41) is 19.8. The number of hydrogen-bond donors (Lipinski definition) is 2. The van der Waals surface area contributed by atoms with Gasteiger partial charge in [0.05, 0.1) is 17.7 Å². The quantitative estimate of drug-likeness (QED) is 0.258. The molecule has 8 nitrogen and oxygen atoms in total. The van der Waals surface area contributed by atoms with E-state index in [2.05, 4.69) is 15.6 Å². The minimum absolute atomic E-state index is 0.0834. The van der Waals surface area contributed by atoms with Gasteiger partial charge in [-0.1, -0.05) is 24.3 Å². The van der Waals surface area contributed by atoms with Gasteiger partial charge in [-0.15, -0.1) is 11.3 Å². The zero-order valence-electron chi connectivity index (χ0n) is 17.9. The van der Waals surface area contributed by atoms with Crippen molar-refractivity contribution in [1.29, 1.82) is 0 Å². The van der Waals surface area contributed by atoms with Crippen molar-refractivity contribution in [1.82, 2.24) is 4.98 Å². The first kappa shape index (κ1) is 22.0. The highest BCUT2D eigenvalue weighted by Gasteiger charge is 2.15. The van der Waals surface area contributed by atoms with Gasteiger partial charge in [-0.3, -0.25) is 14.9 Å². The van der Waals surface area contributed by atoms with Gasteiger partial charge >= 0.3 is 0 Å². The van der Waals surface area contributed by atoms with Crippen LogP contribution in [0.5, 0.6) is 5.75 Å². The van der Waals surface area contributed by atoms with Gasteiger partial charge in [0.15, 0.2) is 5.13 Å². The molecule has 1 amide bonds. The lowest BCUT2D eigenvalue weighted by Gasteiger charge is -2.07. The fourth-order valence-corrected chi connectivity index (χ4v) is 3.90. The van der Waals surface area contributed by atoms with E-state index in [-0.39, 0.29) is 11.3 Å². The van der Waals surface area contributed by atoms with Crippen LogP contribution in [0.3, 0.4) is 0 Å². The van der Waals surface area contributed by atoms with Crippen LogP contribution in [0, 0.1) is 17.0 Å². The summed E-state index contributed by atoms with van der Waals surface area (Å²) in [4.78, 5) is 27.8. The Balaban J connectivity index is 1.44. The number of nitro benzene ring substituents is 1. The Bertz CT molecular complexity index is 1320. The molecule has 9 heteroatoms. The number of carbonyl (C=O) groups is 1. The first-order valence-electron chi connectivity index (χ1n) is 9.96. The summed E-state index contributed by atoms with van der Waals surface area (Å²) in [7, 11) is 1.62. The lowest BCUT2D eigenvalue weighted by Crippen LogP contribution is -2.12. The zero-order chi connectivity index (χ0) is 23.4. The van der Waals surface area contributed by atoms with Crippen molar-refractivity contribution < 1.29 is 14.5 Å². The van der Waals surface area contributed by atoms with Crippen molar-refractivity contribution in [2.24, 2.45) is 0 Å². The minimum atomic E-state index is -0.494. The smallest absolute Gasteiger partial charge is 0.273 e. The Morgan fingerprint density at radius 3 is 2.58 bits per heavy atom. The number of carbonyl (C=O) groups excluding carboxylic acids is 1. The Morgan fingerprint density at radius 2 is 1.85 bits per heavy atom. The zero-order valence-corrected chi connectivity index (χ0v) is 18.7. The van der Waals surface area contributed by atoms with E-state index in [0.29, 0.717) is 11.3 Å². The molecular formula is C24H20N4O4S. The molecule has 0 saturated carbocycles. The normalized spacial score (nSPS) is 10.5. The monoisotopic (exact) mass is 460 g/mol. The van der Waals surface area contributed by atoms with Crippen LogP contribution in [-0.4, -0.2) is 22.9 Å². The van der Waals surface area contributed by atoms with Crippen LogP contribution in [0.1, 0.15) is 15.9 Å². The molecule has 0 aliphatic carbocycles. The average Bonchev–Trinajstić information content (AvgIpc) is 3.28. The largest absolute Gasteiger partial charge is 0.497 e. The molecule has 0 spiro atoms. The van der Waals surface area contributed by atoms with Crippen molar-refractivity contribution in [3.05, 3.63) is 93.4 Å². The number of methoxy groups -OCH3 is 1. The molecule has 0 unspecified atom stereocenters. The molecule has 0 saturated heterocycles. The van der Waals surface area contributed by atoms with E-state index in [4.69, 9.17) is 4.74 Å². The Hall–Kier alpha value is -4.24. The van der Waals surface area contributed by atoms with Gasteiger partial charge in [-0.2, -0.15) is 0 Å². The maximum absolute atomic E-state index is 12.5. The number of anilines is 3. The van der Waals surface area contributed by atoms with Crippen molar-refractivity contribution in [3.8, 4) is 17.0 Å². The van der Waals surface area contributed by atoms with Crippen molar-refractivity contribution in [2.75, 3.05) is 17.7 Å². The van der Waals surface area contributed by atoms with Crippen molar-refractivity contribution >= 4 is 39.4 Å². The summed E-state index contributed by atoms with van der Waals surface area (Å²) in [6, 6.07) is 19.3. The number of rotatable bonds is 7. The number of aromatic nitrogens is 1. The molecule has 1 aromatic heterocycles. The molecule has 0 aliphatic rings. The molecule has 33 heavy (non-hydrogen) atoms. The van der Waals surface area contributed by atoms with Crippen LogP contribution in [0.2, 0.25) is 0 Å². The maximum atomic E-state index is 12.5. The molecule has 2 N–H and O–H groups in total.